The summed E-state index contributed by atoms with van der Waals surface area (Å²) < 4.78 is 6.19. The molecule has 0 amide bonds. The second kappa shape index (κ2) is 4.66. The lowest BCUT2D eigenvalue weighted by atomic mass is 9.80. The average Bonchev–Trinajstić information content (AvgIpc) is 2.12. The second-order valence-electron chi connectivity index (χ2n) is 6.89. The summed E-state index contributed by atoms with van der Waals surface area (Å²) in [7, 11) is 2.22. The molecule has 2 nitrogen and oxygen atoms in total. The Kier molecular flexibility index (Phi) is 4.07. The van der Waals surface area contributed by atoms with Crippen LogP contribution in [0.2, 0.25) is 0 Å². The van der Waals surface area contributed by atoms with Gasteiger partial charge in [0.2, 0.25) is 0 Å². The molecule has 0 N–H and O–H groups in total. The summed E-state index contributed by atoms with van der Waals surface area (Å²) in [4.78, 5) is 2.45. The minimum atomic E-state index is -0.0341. The Bertz CT molecular complexity index is 231. The molecule has 0 aromatic carbocycles. The van der Waals surface area contributed by atoms with Crippen molar-refractivity contribution in [3.63, 3.8) is 0 Å². The molecule has 2 unspecified atom stereocenters. The first-order valence-corrected chi connectivity index (χ1v) is 6.53. The molecule has 0 aliphatic carbocycles. The fourth-order valence-corrected chi connectivity index (χ4v) is 2.28. The van der Waals surface area contributed by atoms with Gasteiger partial charge in [-0.3, -0.25) is 0 Å². The maximum atomic E-state index is 6.19. The fourth-order valence-electron chi connectivity index (χ4n) is 2.28. The quantitative estimate of drug-likeness (QED) is 0.730. The highest BCUT2D eigenvalue weighted by Gasteiger charge is 2.40. The van der Waals surface area contributed by atoms with E-state index in [1.807, 2.05) is 0 Å². The van der Waals surface area contributed by atoms with Crippen molar-refractivity contribution >= 4 is 0 Å². The van der Waals surface area contributed by atoms with Crippen molar-refractivity contribution in [3.8, 4) is 0 Å². The molecule has 1 aliphatic rings. The van der Waals surface area contributed by atoms with Gasteiger partial charge in [0.1, 0.15) is 0 Å². The molecule has 1 aliphatic heterocycles. The van der Waals surface area contributed by atoms with Crippen LogP contribution in [0.4, 0.5) is 0 Å². The van der Waals surface area contributed by atoms with Crippen LogP contribution in [0, 0.1) is 5.92 Å². The Morgan fingerprint density at radius 3 is 2.12 bits per heavy atom. The summed E-state index contributed by atoms with van der Waals surface area (Å²) in [5, 5.41) is 0. The third-order valence-electron chi connectivity index (χ3n) is 3.80. The van der Waals surface area contributed by atoms with Gasteiger partial charge >= 0.3 is 0 Å². The normalized spacial score (nSPS) is 29.2. The van der Waals surface area contributed by atoms with Crippen molar-refractivity contribution in [3.05, 3.63) is 0 Å². The maximum Gasteiger partial charge on any atom is 0.0622 e. The summed E-state index contributed by atoms with van der Waals surface area (Å²) in [6.07, 6.45) is 2.83. The van der Waals surface area contributed by atoms with Crippen LogP contribution in [0.3, 0.4) is 0 Å². The summed E-state index contributed by atoms with van der Waals surface area (Å²) >= 11 is 0. The highest BCUT2D eigenvalue weighted by Crippen LogP contribution is 2.36. The molecule has 1 fully saturated rings. The van der Waals surface area contributed by atoms with Crippen molar-refractivity contribution in [2.45, 2.75) is 71.6 Å². The topological polar surface area (TPSA) is 12.5 Å². The van der Waals surface area contributed by atoms with E-state index < -0.39 is 0 Å². The van der Waals surface area contributed by atoms with Gasteiger partial charge in [-0.15, -0.1) is 0 Å². The largest absolute Gasteiger partial charge is 0.372 e. The summed E-state index contributed by atoms with van der Waals surface area (Å²) in [5.41, 5.74) is 0.327. The minimum Gasteiger partial charge on any atom is -0.372 e. The first-order valence-electron chi connectivity index (χ1n) is 6.53. The van der Waals surface area contributed by atoms with Gasteiger partial charge in [-0.2, -0.15) is 0 Å². The zero-order chi connectivity index (χ0) is 12.6. The Balaban J connectivity index is 2.58. The molecule has 0 aromatic rings. The fraction of sp³-hybridized carbons (Fsp3) is 1.00. The predicted octanol–water partition coefficient (Wildman–Crippen LogP) is 3.31. The molecule has 0 bridgehead atoms. The molecular formula is C14H29NO. The van der Waals surface area contributed by atoms with Gasteiger partial charge in [0.25, 0.3) is 0 Å². The zero-order valence-electron chi connectivity index (χ0n) is 12.1. The van der Waals surface area contributed by atoms with Crippen molar-refractivity contribution in [1.29, 1.82) is 0 Å². The standard InChI is InChI=1S/C14H29NO/c1-11(2)12(16-13(3,4)5)10-14(6)8-9-15(14)7/h11-12H,8-10H2,1-7H3. The van der Waals surface area contributed by atoms with Gasteiger partial charge < -0.3 is 9.64 Å². The summed E-state index contributed by atoms with van der Waals surface area (Å²) in [6, 6.07) is 0. The van der Waals surface area contributed by atoms with E-state index in [4.69, 9.17) is 4.74 Å². The van der Waals surface area contributed by atoms with Crippen LogP contribution in [0.1, 0.15) is 54.4 Å². The summed E-state index contributed by atoms with van der Waals surface area (Å²) in [5.74, 6) is 0.588. The Hall–Kier alpha value is -0.0800. The molecule has 16 heavy (non-hydrogen) atoms. The maximum absolute atomic E-state index is 6.19. The number of hydrogen-bond acceptors (Lipinski definition) is 2. The molecule has 1 heterocycles. The monoisotopic (exact) mass is 227 g/mol. The van der Waals surface area contributed by atoms with Crippen LogP contribution in [-0.2, 0) is 4.74 Å². The van der Waals surface area contributed by atoms with E-state index in [0.29, 0.717) is 17.6 Å². The van der Waals surface area contributed by atoms with Gasteiger partial charge in [-0.05, 0) is 53.5 Å². The van der Waals surface area contributed by atoms with Crippen LogP contribution < -0.4 is 0 Å². The molecular weight excluding hydrogens is 198 g/mol. The van der Waals surface area contributed by atoms with Gasteiger partial charge in [-0.25, -0.2) is 0 Å². The molecule has 0 radical (unpaired) electrons. The van der Waals surface area contributed by atoms with Gasteiger partial charge in [0.15, 0.2) is 0 Å². The van der Waals surface area contributed by atoms with Crippen LogP contribution in [0.5, 0.6) is 0 Å². The first kappa shape index (κ1) is 14.0. The average molecular weight is 227 g/mol. The smallest absolute Gasteiger partial charge is 0.0622 e. The van der Waals surface area contributed by atoms with Crippen LogP contribution in [0.15, 0.2) is 0 Å². The van der Waals surface area contributed by atoms with Crippen molar-refractivity contribution in [2.24, 2.45) is 5.92 Å². The highest BCUT2D eigenvalue weighted by atomic mass is 16.5. The number of hydrogen-bond donors (Lipinski definition) is 0. The molecule has 1 saturated heterocycles. The molecule has 0 aromatic heterocycles. The predicted molar refractivity (Wildman–Crippen MR) is 69.7 cm³/mol. The first-order chi connectivity index (χ1) is 7.14. The van der Waals surface area contributed by atoms with E-state index in [2.05, 4.69) is 53.5 Å². The molecule has 2 atom stereocenters. The van der Waals surface area contributed by atoms with Crippen LogP contribution in [-0.4, -0.2) is 35.7 Å². The third-order valence-corrected chi connectivity index (χ3v) is 3.80. The van der Waals surface area contributed by atoms with Crippen molar-refractivity contribution in [1.82, 2.24) is 4.90 Å². The second-order valence-corrected chi connectivity index (χ2v) is 6.89. The lowest BCUT2D eigenvalue weighted by molar-refractivity contribution is -0.114. The minimum absolute atomic E-state index is 0.0341. The molecule has 1 rings (SSSR count). The Morgan fingerprint density at radius 1 is 1.31 bits per heavy atom. The van der Waals surface area contributed by atoms with Crippen LogP contribution in [0.25, 0.3) is 0 Å². The number of likely N-dealkylation sites (tertiary alicyclic amines) is 1. The van der Waals surface area contributed by atoms with Crippen molar-refractivity contribution in [2.75, 3.05) is 13.6 Å². The molecule has 0 spiro atoms. The van der Waals surface area contributed by atoms with Crippen LogP contribution >= 0.6 is 0 Å². The Morgan fingerprint density at radius 2 is 1.88 bits per heavy atom. The van der Waals surface area contributed by atoms with Gasteiger partial charge in [-0.1, -0.05) is 13.8 Å². The number of ether oxygens (including phenoxy) is 1. The molecule has 0 saturated carbocycles. The third kappa shape index (κ3) is 3.46. The highest BCUT2D eigenvalue weighted by molar-refractivity contribution is 4.96. The van der Waals surface area contributed by atoms with E-state index in [9.17, 15) is 0 Å². The number of nitrogens with zero attached hydrogens (tertiary/aromatic N) is 1. The molecule has 96 valence electrons. The van der Waals surface area contributed by atoms with Gasteiger partial charge in [0.05, 0.1) is 11.7 Å². The SMILES string of the molecule is CC(C)C(CC1(C)CCN1C)OC(C)(C)C. The van der Waals surface area contributed by atoms with Gasteiger partial charge in [0, 0.05) is 12.1 Å². The zero-order valence-corrected chi connectivity index (χ0v) is 12.1. The number of rotatable bonds is 4. The van der Waals surface area contributed by atoms with E-state index in [1.54, 1.807) is 0 Å². The lowest BCUT2D eigenvalue weighted by Crippen LogP contribution is -2.57. The van der Waals surface area contributed by atoms with Crippen molar-refractivity contribution < 1.29 is 4.74 Å². The van der Waals surface area contributed by atoms with E-state index in [-0.39, 0.29) is 5.60 Å². The Labute approximate surface area is 101 Å². The summed E-state index contributed by atoms with van der Waals surface area (Å²) in [6.45, 7) is 14.6. The molecule has 2 heteroatoms. The van der Waals surface area contributed by atoms with E-state index >= 15 is 0 Å². The van der Waals surface area contributed by atoms with E-state index in [0.717, 1.165) is 6.42 Å². The lowest BCUT2D eigenvalue weighted by Gasteiger charge is -2.51. The van der Waals surface area contributed by atoms with E-state index in [1.165, 1.54) is 13.0 Å².